The van der Waals surface area contributed by atoms with Gasteiger partial charge in [0.25, 0.3) is 0 Å². The van der Waals surface area contributed by atoms with Crippen molar-refractivity contribution in [2.24, 2.45) is 11.7 Å². The van der Waals surface area contributed by atoms with E-state index in [2.05, 4.69) is 14.9 Å². The number of hydrogen-bond acceptors (Lipinski definition) is 5. The molecule has 1 saturated heterocycles. The fourth-order valence-corrected chi connectivity index (χ4v) is 2.20. The van der Waals surface area contributed by atoms with Crippen LogP contribution in [-0.4, -0.2) is 36.2 Å². The fourth-order valence-electron chi connectivity index (χ4n) is 2.20. The lowest BCUT2D eigenvalue weighted by Crippen LogP contribution is -2.38. The van der Waals surface area contributed by atoms with E-state index in [0.29, 0.717) is 18.4 Å². The van der Waals surface area contributed by atoms with Gasteiger partial charge in [-0.15, -0.1) is 0 Å². The second-order valence-electron chi connectivity index (χ2n) is 4.34. The van der Waals surface area contributed by atoms with Gasteiger partial charge in [-0.1, -0.05) is 0 Å². The van der Waals surface area contributed by atoms with Crippen molar-refractivity contribution in [1.82, 2.24) is 9.97 Å². The number of anilines is 1. The highest BCUT2D eigenvalue weighted by Gasteiger charge is 2.20. The molecule has 0 amide bonds. The molecule has 94 valence electrons. The van der Waals surface area contributed by atoms with E-state index in [0.717, 1.165) is 25.5 Å². The van der Waals surface area contributed by atoms with E-state index >= 15 is 0 Å². The first-order chi connectivity index (χ1) is 8.33. The molecule has 0 saturated carbocycles. The van der Waals surface area contributed by atoms with Gasteiger partial charge in [-0.2, -0.15) is 0 Å². The van der Waals surface area contributed by atoms with E-state index in [1.807, 2.05) is 13.0 Å². The first-order valence-electron chi connectivity index (χ1n) is 6.23. The Balaban J connectivity index is 2.07. The highest BCUT2D eigenvalue weighted by Crippen LogP contribution is 2.22. The molecule has 2 rings (SSSR count). The van der Waals surface area contributed by atoms with Crippen molar-refractivity contribution < 1.29 is 4.74 Å². The molecule has 1 atom stereocenters. The second kappa shape index (κ2) is 5.82. The van der Waals surface area contributed by atoms with Gasteiger partial charge in [0, 0.05) is 19.2 Å². The summed E-state index contributed by atoms with van der Waals surface area (Å²) in [6, 6.07) is 1.91. The predicted octanol–water partition coefficient (Wildman–Crippen LogP) is 1.05. The highest BCUT2D eigenvalue weighted by molar-refractivity contribution is 5.41. The lowest BCUT2D eigenvalue weighted by Gasteiger charge is -2.32. The maximum absolute atomic E-state index is 5.74. The Morgan fingerprint density at radius 1 is 1.53 bits per heavy atom. The van der Waals surface area contributed by atoms with Crippen molar-refractivity contribution in [2.45, 2.75) is 19.8 Å². The first-order valence-corrected chi connectivity index (χ1v) is 6.23. The normalized spacial score (nSPS) is 20.4. The van der Waals surface area contributed by atoms with Crippen LogP contribution < -0.4 is 15.4 Å². The number of aromatic nitrogens is 2. The summed E-state index contributed by atoms with van der Waals surface area (Å²) in [6.07, 6.45) is 3.96. The number of nitrogens with zero attached hydrogens (tertiary/aromatic N) is 3. The fraction of sp³-hybridized carbons (Fsp3) is 0.667. The Morgan fingerprint density at radius 3 is 3.18 bits per heavy atom. The molecular weight excluding hydrogens is 216 g/mol. The average Bonchev–Trinajstić information content (AvgIpc) is 2.40. The molecule has 1 aliphatic heterocycles. The SMILES string of the molecule is CCOc1cc(N2CCCC(CN)C2)ncn1. The molecule has 0 spiro atoms. The molecule has 0 aliphatic carbocycles. The Morgan fingerprint density at radius 2 is 2.41 bits per heavy atom. The van der Waals surface area contributed by atoms with Crippen molar-refractivity contribution in [3.8, 4) is 5.88 Å². The van der Waals surface area contributed by atoms with Gasteiger partial charge in [-0.25, -0.2) is 9.97 Å². The Bertz CT molecular complexity index is 358. The summed E-state index contributed by atoms with van der Waals surface area (Å²) >= 11 is 0. The second-order valence-corrected chi connectivity index (χ2v) is 4.34. The van der Waals surface area contributed by atoms with E-state index in [9.17, 15) is 0 Å². The number of nitrogens with two attached hydrogens (primary N) is 1. The molecule has 17 heavy (non-hydrogen) atoms. The molecule has 1 aliphatic rings. The van der Waals surface area contributed by atoms with Crippen LogP contribution in [0.2, 0.25) is 0 Å². The smallest absolute Gasteiger partial charge is 0.218 e. The third kappa shape index (κ3) is 3.06. The zero-order valence-corrected chi connectivity index (χ0v) is 10.3. The molecule has 0 radical (unpaired) electrons. The highest BCUT2D eigenvalue weighted by atomic mass is 16.5. The zero-order valence-electron chi connectivity index (χ0n) is 10.3. The quantitative estimate of drug-likeness (QED) is 0.846. The minimum Gasteiger partial charge on any atom is -0.478 e. The number of rotatable bonds is 4. The Hall–Kier alpha value is -1.36. The van der Waals surface area contributed by atoms with Crippen molar-refractivity contribution >= 4 is 5.82 Å². The molecule has 1 aromatic rings. The molecule has 2 heterocycles. The summed E-state index contributed by atoms with van der Waals surface area (Å²) in [5, 5.41) is 0. The van der Waals surface area contributed by atoms with E-state index in [4.69, 9.17) is 10.5 Å². The molecule has 1 fully saturated rings. The van der Waals surface area contributed by atoms with Crippen LogP contribution in [0.15, 0.2) is 12.4 Å². The number of hydrogen-bond donors (Lipinski definition) is 1. The van der Waals surface area contributed by atoms with Crippen LogP contribution in [0.5, 0.6) is 5.88 Å². The van der Waals surface area contributed by atoms with Gasteiger partial charge in [-0.3, -0.25) is 0 Å². The van der Waals surface area contributed by atoms with Gasteiger partial charge < -0.3 is 15.4 Å². The lowest BCUT2D eigenvalue weighted by molar-refractivity contribution is 0.326. The Kier molecular flexibility index (Phi) is 4.14. The van der Waals surface area contributed by atoms with Crippen molar-refractivity contribution in [1.29, 1.82) is 0 Å². The molecule has 1 aromatic heterocycles. The van der Waals surface area contributed by atoms with Crippen LogP contribution in [-0.2, 0) is 0 Å². The largest absolute Gasteiger partial charge is 0.478 e. The zero-order chi connectivity index (χ0) is 12.1. The van der Waals surface area contributed by atoms with Crippen LogP contribution in [0.3, 0.4) is 0 Å². The molecule has 5 nitrogen and oxygen atoms in total. The third-order valence-corrected chi connectivity index (χ3v) is 3.10. The molecule has 5 heteroatoms. The molecule has 0 bridgehead atoms. The summed E-state index contributed by atoms with van der Waals surface area (Å²) in [5.74, 6) is 2.17. The summed E-state index contributed by atoms with van der Waals surface area (Å²) in [7, 11) is 0. The summed E-state index contributed by atoms with van der Waals surface area (Å²) in [4.78, 5) is 10.7. The van der Waals surface area contributed by atoms with E-state index in [1.165, 1.54) is 12.8 Å². The first kappa shape index (κ1) is 12.1. The van der Waals surface area contributed by atoms with Crippen LogP contribution in [0.25, 0.3) is 0 Å². The van der Waals surface area contributed by atoms with Gasteiger partial charge in [0.15, 0.2) is 0 Å². The summed E-state index contributed by atoms with van der Waals surface area (Å²) < 4.78 is 5.39. The van der Waals surface area contributed by atoms with Gasteiger partial charge in [0.05, 0.1) is 6.61 Å². The van der Waals surface area contributed by atoms with Crippen LogP contribution in [0.1, 0.15) is 19.8 Å². The number of ether oxygens (including phenoxy) is 1. The molecular formula is C12H20N4O. The van der Waals surface area contributed by atoms with E-state index in [-0.39, 0.29) is 0 Å². The third-order valence-electron chi connectivity index (χ3n) is 3.10. The van der Waals surface area contributed by atoms with Crippen molar-refractivity contribution in [3.63, 3.8) is 0 Å². The molecule has 1 unspecified atom stereocenters. The maximum atomic E-state index is 5.74. The maximum Gasteiger partial charge on any atom is 0.218 e. The summed E-state index contributed by atoms with van der Waals surface area (Å²) in [6.45, 7) is 5.35. The van der Waals surface area contributed by atoms with Crippen molar-refractivity contribution in [3.05, 3.63) is 12.4 Å². The molecule has 0 aromatic carbocycles. The number of piperidine rings is 1. The van der Waals surface area contributed by atoms with Crippen LogP contribution in [0, 0.1) is 5.92 Å². The van der Waals surface area contributed by atoms with Gasteiger partial charge >= 0.3 is 0 Å². The minimum atomic E-state index is 0.578. The van der Waals surface area contributed by atoms with Crippen LogP contribution in [0.4, 0.5) is 5.82 Å². The monoisotopic (exact) mass is 236 g/mol. The van der Waals surface area contributed by atoms with Crippen LogP contribution >= 0.6 is 0 Å². The lowest BCUT2D eigenvalue weighted by atomic mass is 9.98. The van der Waals surface area contributed by atoms with Gasteiger partial charge in [0.2, 0.25) is 5.88 Å². The van der Waals surface area contributed by atoms with E-state index in [1.54, 1.807) is 6.33 Å². The summed E-state index contributed by atoms with van der Waals surface area (Å²) in [5.41, 5.74) is 5.74. The van der Waals surface area contributed by atoms with Crippen molar-refractivity contribution in [2.75, 3.05) is 31.1 Å². The van der Waals surface area contributed by atoms with E-state index < -0.39 is 0 Å². The standard InChI is InChI=1S/C12H20N4O/c1-2-17-12-6-11(14-9-15-12)16-5-3-4-10(7-13)8-16/h6,9-10H,2-5,7-8,13H2,1H3. The van der Waals surface area contributed by atoms with Gasteiger partial charge in [0.1, 0.15) is 12.1 Å². The average molecular weight is 236 g/mol. The minimum absolute atomic E-state index is 0.578. The topological polar surface area (TPSA) is 64.3 Å². The Labute approximate surface area is 102 Å². The predicted molar refractivity (Wildman–Crippen MR) is 67.2 cm³/mol. The van der Waals surface area contributed by atoms with Gasteiger partial charge in [-0.05, 0) is 32.2 Å². The molecule has 2 N–H and O–H groups in total.